The largest absolute Gasteiger partial charge is 0.497 e. The van der Waals surface area contributed by atoms with Crippen molar-refractivity contribution in [1.29, 1.82) is 0 Å². The maximum absolute atomic E-state index is 5.32. The highest BCUT2D eigenvalue weighted by molar-refractivity contribution is 5.38. The number of hydrogen-bond acceptors (Lipinski definition) is 2. The average molecular weight is 306 g/mol. The van der Waals surface area contributed by atoms with Crippen molar-refractivity contribution in [1.82, 2.24) is 0 Å². The van der Waals surface area contributed by atoms with Crippen molar-refractivity contribution in [3.05, 3.63) is 23.8 Å². The van der Waals surface area contributed by atoms with Crippen molar-refractivity contribution < 1.29 is 9.47 Å². The molecule has 0 unspecified atom stereocenters. The van der Waals surface area contributed by atoms with Gasteiger partial charge in [0.05, 0.1) is 14.2 Å². The summed E-state index contributed by atoms with van der Waals surface area (Å²) in [6, 6.07) is 6.18. The maximum atomic E-state index is 5.32. The maximum Gasteiger partial charge on any atom is 0.122 e. The third-order valence-electron chi connectivity index (χ3n) is 4.23. The molecule has 0 heterocycles. The van der Waals surface area contributed by atoms with Gasteiger partial charge in [0.15, 0.2) is 0 Å². The van der Waals surface area contributed by atoms with E-state index in [1.54, 1.807) is 14.2 Å². The Bertz CT molecular complexity index is 365. The number of benzene rings is 1. The first-order valence-corrected chi connectivity index (χ1v) is 9.02. The topological polar surface area (TPSA) is 18.5 Å². The van der Waals surface area contributed by atoms with Crippen LogP contribution in [0.2, 0.25) is 0 Å². The summed E-state index contributed by atoms with van der Waals surface area (Å²) in [5, 5.41) is 0. The highest BCUT2D eigenvalue weighted by Gasteiger charge is 2.02. The second kappa shape index (κ2) is 12.4. The molecule has 0 aliphatic heterocycles. The Morgan fingerprint density at radius 2 is 1.09 bits per heavy atom. The van der Waals surface area contributed by atoms with Crippen LogP contribution in [0.4, 0.5) is 0 Å². The molecular formula is C20H34O2. The van der Waals surface area contributed by atoms with Crippen molar-refractivity contribution in [2.24, 2.45) is 0 Å². The molecule has 126 valence electrons. The number of methoxy groups -OCH3 is 2. The lowest BCUT2D eigenvalue weighted by Crippen LogP contribution is -1.92. The van der Waals surface area contributed by atoms with Crippen molar-refractivity contribution in [2.45, 2.75) is 77.6 Å². The fraction of sp³-hybridized carbons (Fsp3) is 0.700. The molecule has 0 aromatic heterocycles. The highest BCUT2D eigenvalue weighted by atomic mass is 16.5. The van der Waals surface area contributed by atoms with E-state index >= 15 is 0 Å². The van der Waals surface area contributed by atoms with Gasteiger partial charge < -0.3 is 9.47 Å². The van der Waals surface area contributed by atoms with E-state index in [0.29, 0.717) is 0 Å². The quantitative estimate of drug-likeness (QED) is 0.406. The van der Waals surface area contributed by atoms with Gasteiger partial charge in [-0.2, -0.15) is 0 Å². The summed E-state index contributed by atoms with van der Waals surface area (Å²) < 4.78 is 10.6. The van der Waals surface area contributed by atoms with Gasteiger partial charge in [-0.05, 0) is 30.5 Å². The van der Waals surface area contributed by atoms with Gasteiger partial charge in [-0.3, -0.25) is 0 Å². The molecule has 2 heteroatoms. The monoisotopic (exact) mass is 306 g/mol. The third-order valence-corrected chi connectivity index (χ3v) is 4.23. The van der Waals surface area contributed by atoms with E-state index < -0.39 is 0 Å². The smallest absolute Gasteiger partial charge is 0.122 e. The fourth-order valence-corrected chi connectivity index (χ4v) is 2.83. The van der Waals surface area contributed by atoms with E-state index in [9.17, 15) is 0 Å². The molecule has 0 amide bonds. The van der Waals surface area contributed by atoms with Crippen molar-refractivity contribution in [2.75, 3.05) is 14.2 Å². The molecule has 0 aliphatic carbocycles. The van der Waals surface area contributed by atoms with E-state index in [1.165, 1.54) is 69.8 Å². The Morgan fingerprint density at radius 1 is 0.636 bits per heavy atom. The second-order valence-corrected chi connectivity index (χ2v) is 6.15. The number of ether oxygens (including phenoxy) is 2. The molecule has 0 fully saturated rings. The molecule has 1 aromatic carbocycles. The predicted octanol–water partition coefficient (Wildman–Crippen LogP) is 6.17. The SMILES string of the molecule is CCCCCCCCCCCCc1cc(OC)cc(OC)c1. The van der Waals surface area contributed by atoms with E-state index in [0.717, 1.165) is 17.9 Å². The first kappa shape index (κ1) is 18.9. The average Bonchev–Trinajstić information content (AvgIpc) is 2.56. The van der Waals surface area contributed by atoms with Crippen LogP contribution in [0.3, 0.4) is 0 Å². The van der Waals surface area contributed by atoms with Crippen molar-refractivity contribution in [3.8, 4) is 11.5 Å². The Balaban J connectivity index is 2.09. The summed E-state index contributed by atoms with van der Waals surface area (Å²) in [5.41, 5.74) is 1.32. The molecule has 1 aromatic rings. The Morgan fingerprint density at radius 3 is 1.55 bits per heavy atom. The van der Waals surface area contributed by atoms with Gasteiger partial charge in [0, 0.05) is 6.07 Å². The summed E-state index contributed by atoms with van der Waals surface area (Å²) in [4.78, 5) is 0. The molecule has 0 saturated carbocycles. The van der Waals surface area contributed by atoms with Gasteiger partial charge >= 0.3 is 0 Å². The predicted molar refractivity (Wildman–Crippen MR) is 95.1 cm³/mol. The van der Waals surface area contributed by atoms with Gasteiger partial charge in [-0.15, -0.1) is 0 Å². The summed E-state index contributed by atoms with van der Waals surface area (Å²) in [7, 11) is 3.41. The molecule has 1 rings (SSSR count). The van der Waals surface area contributed by atoms with Gasteiger partial charge in [-0.1, -0.05) is 64.7 Å². The van der Waals surface area contributed by atoms with E-state index in [-0.39, 0.29) is 0 Å². The highest BCUT2D eigenvalue weighted by Crippen LogP contribution is 2.23. The number of aryl methyl sites for hydroxylation is 1. The lowest BCUT2D eigenvalue weighted by atomic mass is 10.0. The van der Waals surface area contributed by atoms with Crippen LogP contribution in [-0.2, 0) is 6.42 Å². The Labute approximate surface area is 137 Å². The van der Waals surface area contributed by atoms with E-state index in [1.807, 2.05) is 6.07 Å². The zero-order valence-corrected chi connectivity index (χ0v) is 14.8. The van der Waals surface area contributed by atoms with Gasteiger partial charge in [0.25, 0.3) is 0 Å². The number of rotatable bonds is 13. The minimum absolute atomic E-state index is 0.890. The van der Waals surface area contributed by atoms with Crippen molar-refractivity contribution >= 4 is 0 Å². The van der Waals surface area contributed by atoms with E-state index in [4.69, 9.17) is 9.47 Å². The summed E-state index contributed by atoms with van der Waals surface area (Å²) in [6.45, 7) is 2.28. The molecule has 2 nitrogen and oxygen atoms in total. The number of hydrogen-bond donors (Lipinski definition) is 0. The van der Waals surface area contributed by atoms with Gasteiger partial charge in [0.2, 0.25) is 0 Å². The van der Waals surface area contributed by atoms with Gasteiger partial charge in [-0.25, -0.2) is 0 Å². The summed E-state index contributed by atoms with van der Waals surface area (Å²) in [5.74, 6) is 1.78. The minimum Gasteiger partial charge on any atom is -0.497 e. The van der Waals surface area contributed by atoms with E-state index in [2.05, 4.69) is 19.1 Å². The van der Waals surface area contributed by atoms with Crippen LogP contribution in [-0.4, -0.2) is 14.2 Å². The second-order valence-electron chi connectivity index (χ2n) is 6.15. The summed E-state index contributed by atoms with van der Waals surface area (Å²) >= 11 is 0. The van der Waals surface area contributed by atoms with Crippen LogP contribution >= 0.6 is 0 Å². The molecule has 0 aliphatic rings. The van der Waals surface area contributed by atoms with Crippen LogP contribution in [0, 0.1) is 0 Å². The Kier molecular flexibility index (Phi) is 10.6. The lowest BCUT2D eigenvalue weighted by molar-refractivity contribution is 0.393. The van der Waals surface area contributed by atoms with Crippen LogP contribution < -0.4 is 9.47 Å². The Hall–Kier alpha value is -1.18. The minimum atomic E-state index is 0.890. The third kappa shape index (κ3) is 8.31. The van der Waals surface area contributed by atoms with Crippen LogP contribution in [0.15, 0.2) is 18.2 Å². The van der Waals surface area contributed by atoms with Crippen molar-refractivity contribution in [3.63, 3.8) is 0 Å². The molecule has 0 N–H and O–H groups in total. The van der Waals surface area contributed by atoms with Crippen LogP contribution in [0.5, 0.6) is 11.5 Å². The zero-order valence-electron chi connectivity index (χ0n) is 14.8. The molecule has 0 bridgehead atoms. The standard InChI is InChI=1S/C20H34O2/c1-4-5-6-7-8-9-10-11-12-13-14-18-15-19(21-2)17-20(16-18)22-3/h15-17H,4-14H2,1-3H3. The molecule has 0 atom stereocenters. The molecule has 0 saturated heterocycles. The zero-order chi connectivity index (χ0) is 16.0. The van der Waals surface area contributed by atoms with Gasteiger partial charge in [0.1, 0.15) is 11.5 Å². The molecule has 0 spiro atoms. The normalized spacial score (nSPS) is 10.7. The van der Waals surface area contributed by atoms with Crippen LogP contribution in [0.1, 0.15) is 76.7 Å². The molecule has 22 heavy (non-hydrogen) atoms. The lowest BCUT2D eigenvalue weighted by Gasteiger charge is -2.08. The molecular weight excluding hydrogens is 272 g/mol. The summed E-state index contributed by atoms with van der Waals surface area (Å²) in [6.07, 6.45) is 14.9. The molecule has 0 radical (unpaired) electrons. The number of unbranched alkanes of at least 4 members (excludes halogenated alkanes) is 9. The van der Waals surface area contributed by atoms with Crippen LogP contribution in [0.25, 0.3) is 0 Å². The fourth-order valence-electron chi connectivity index (χ4n) is 2.83. The first-order chi connectivity index (χ1) is 10.8. The first-order valence-electron chi connectivity index (χ1n) is 9.02.